The standard InChI is InChI=1S/C20H22N4O2S/c1-3-24(13-15-7-5-4-6-8-15)18(25)14-27-20-21-19(22-23-20)16-9-11-17(26-2)12-10-16/h4-12H,3,13-14H2,1-2H3,(H,21,22,23). The molecule has 0 unspecified atom stereocenters. The molecular formula is C20H22N4O2S. The molecule has 0 atom stereocenters. The Morgan fingerprint density at radius 1 is 1.15 bits per heavy atom. The Kier molecular flexibility index (Phi) is 6.49. The van der Waals surface area contributed by atoms with E-state index in [2.05, 4.69) is 15.2 Å². The number of methoxy groups -OCH3 is 1. The highest BCUT2D eigenvalue weighted by Gasteiger charge is 2.14. The van der Waals surface area contributed by atoms with Gasteiger partial charge in [0.2, 0.25) is 11.1 Å². The Morgan fingerprint density at radius 2 is 1.89 bits per heavy atom. The minimum atomic E-state index is 0.0714. The summed E-state index contributed by atoms with van der Waals surface area (Å²) in [6.07, 6.45) is 0. The SMILES string of the molecule is CCN(Cc1ccccc1)C(=O)CSc1n[nH]c(-c2ccc(OC)cc2)n1. The molecule has 3 aromatic rings. The summed E-state index contributed by atoms with van der Waals surface area (Å²) in [5.41, 5.74) is 2.04. The van der Waals surface area contributed by atoms with Gasteiger partial charge in [0.15, 0.2) is 5.82 Å². The van der Waals surface area contributed by atoms with Gasteiger partial charge in [-0.25, -0.2) is 4.98 Å². The van der Waals surface area contributed by atoms with Crippen LogP contribution in [-0.2, 0) is 11.3 Å². The van der Waals surface area contributed by atoms with Crippen molar-refractivity contribution >= 4 is 17.7 Å². The van der Waals surface area contributed by atoms with Crippen LogP contribution in [0, 0.1) is 0 Å². The second-order valence-electron chi connectivity index (χ2n) is 5.88. The Balaban J connectivity index is 1.57. The molecule has 0 aliphatic heterocycles. The van der Waals surface area contributed by atoms with E-state index in [9.17, 15) is 4.79 Å². The van der Waals surface area contributed by atoms with Gasteiger partial charge < -0.3 is 9.64 Å². The molecule has 0 aliphatic carbocycles. The van der Waals surface area contributed by atoms with E-state index in [1.165, 1.54) is 11.8 Å². The number of carbonyl (C=O) groups is 1. The highest BCUT2D eigenvalue weighted by Crippen LogP contribution is 2.22. The largest absolute Gasteiger partial charge is 0.497 e. The van der Waals surface area contributed by atoms with Crippen molar-refractivity contribution in [1.82, 2.24) is 20.1 Å². The van der Waals surface area contributed by atoms with E-state index in [1.807, 2.05) is 66.4 Å². The maximum atomic E-state index is 12.5. The molecule has 0 radical (unpaired) electrons. The molecule has 2 aromatic carbocycles. The molecule has 1 N–H and O–H groups in total. The number of benzene rings is 2. The van der Waals surface area contributed by atoms with Crippen LogP contribution in [0.1, 0.15) is 12.5 Å². The van der Waals surface area contributed by atoms with E-state index in [1.54, 1.807) is 7.11 Å². The third-order valence-corrected chi connectivity index (χ3v) is 4.94. The van der Waals surface area contributed by atoms with Crippen molar-refractivity contribution in [3.8, 4) is 17.1 Å². The molecular weight excluding hydrogens is 360 g/mol. The van der Waals surface area contributed by atoms with Gasteiger partial charge >= 0.3 is 0 Å². The molecule has 6 nitrogen and oxygen atoms in total. The quantitative estimate of drug-likeness (QED) is 0.603. The van der Waals surface area contributed by atoms with E-state index in [0.717, 1.165) is 16.9 Å². The van der Waals surface area contributed by atoms with Crippen LogP contribution in [-0.4, -0.2) is 45.4 Å². The van der Waals surface area contributed by atoms with Crippen LogP contribution >= 0.6 is 11.8 Å². The van der Waals surface area contributed by atoms with Crippen molar-refractivity contribution in [1.29, 1.82) is 0 Å². The zero-order valence-electron chi connectivity index (χ0n) is 15.4. The number of aromatic nitrogens is 3. The van der Waals surface area contributed by atoms with Gasteiger partial charge in [-0.05, 0) is 36.8 Å². The molecule has 1 amide bonds. The maximum absolute atomic E-state index is 12.5. The number of amides is 1. The van der Waals surface area contributed by atoms with Crippen LogP contribution in [0.25, 0.3) is 11.4 Å². The number of ether oxygens (including phenoxy) is 1. The Bertz CT molecular complexity index is 865. The van der Waals surface area contributed by atoms with Crippen LogP contribution in [0.5, 0.6) is 5.75 Å². The summed E-state index contributed by atoms with van der Waals surface area (Å²) in [6, 6.07) is 17.6. The highest BCUT2D eigenvalue weighted by molar-refractivity contribution is 7.99. The lowest BCUT2D eigenvalue weighted by atomic mass is 10.2. The van der Waals surface area contributed by atoms with Gasteiger partial charge in [-0.2, -0.15) is 0 Å². The van der Waals surface area contributed by atoms with E-state index in [4.69, 9.17) is 4.74 Å². The molecule has 0 saturated carbocycles. The van der Waals surface area contributed by atoms with Crippen LogP contribution in [0.2, 0.25) is 0 Å². The topological polar surface area (TPSA) is 71.1 Å². The van der Waals surface area contributed by atoms with Gasteiger partial charge in [0.05, 0.1) is 12.9 Å². The molecule has 0 aliphatic rings. The Hall–Kier alpha value is -2.80. The number of nitrogens with zero attached hydrogens (tertiary/aromatic N) is 3. The number of carbonyl (C=O) groups excluding carboxylic acids is 1. The molecule has 0 bridgehead atoms. The third-order valence-electron chi connectivity index (χ3n) is 4.10. The van der Waals surface area contributed by atoms with Crippen molar-refractivity contribution in [2.75, 3.05) is 19.4 Å². The summed E-state index contributed by atoms with van der Waals surface area (Å²) in [7, 11) is 1.63. The lowest BCUT2D eigenvalue weighted by Crippen LogP contribution is -2.31. The zero-order chi connectivity index (χ0) is 19.1. The predicted molar refractivity (Wildman–Crippen MR) is 107 cm³/mol. The smallest absolute Gasteiger partial charge is 0.233 e. The minimum absolute atomic E-state index is 0.0714. The number of nitrogens with one attached hydrogen (secondary N) is 1. The maximum Gasteiger partial charge on any atom is 0.233 e. The molecule has 27 heavy (non-hydrogen) atoms. The van der Waals surface area contributed by atoms with Crippen molar-refractivity contribution in [2.24, 2.45) is 0 Å². The molecule has 0 spiro atoms. The Morgan fingerprint density at radius 3 is 2.56 bits per heavy atom. The lowest BCUT2D eigenvalue weighted by Gasteiger charge is -2.20. The average Bonchev–Trinajstić information content (AvgIpc) is 3.20. The summed E-state index contributed by atoms with van der Waals surface area (Å²) in [5, 5.41) is 7.68. The zero-order valence-corrected chi connectivity index (χ0v) is 16.2. The van der Waals surface area contributed by atoms with Crippen LogP contribution in [0.15, 0.2) is 59.8 Å². The first-order valence-corrected chi connectivity index (χ1v) is 9.69. The van der Waals surface area contributed by atoms with E-state index in [0.29, 0.717) is 29.8 Å². The number of hydrogen-bond acceptors (Lipinski definition) is 5. The van der Waals surface area contributed by atoms with Gasteiger partial charge in [-0.3, -0.25) is 9.89 Å². The first-order valence-electron chi connectivity index (χ1n) is 8.71. The monoisotopic (exact) mass is 382 g/mol. The predicted octanol–water partition coefficient (Wildman–Crippen LogP) is 3.62. The van der Waals surface area contributed by atoms with Gasteiger partial charge in [0, 0.05) is 18.7 Å². The van der Waals surface area contributed by atoms with Crippen molar-refractivity contribution < 1.29 is 9.53 Å². The van der Waals surface area contributed by atoms with Gasteiger partial charge in [-0.1, -0.05) is 42.1 Å². The molecule has 1 heterocycles. The number of H-pyrrole nitrogens is 1. The van der Waals surface area contributed by atoms with Crippen LogP contribution < -0.4 is 4.74 Å². The first-order chi connectivity index (χ1) is 13.2. The fourth-order valence-corrected chi connectivity index (χ4v) is 3.29. The summed E-state index contributed by atoms with van der Waals surface area (Å²) < 4.78 is 5.16. The normalized spacial score (nSPS) is 10.6. The molecule has 0 saturated heterocycles. The van der Waals surface area contributed by atoms with E-state index >= 15 is 0 Å². The van der Waals surface area contributed by atoms with Crippen LogP contribution in [0.3, 0.4) is 0 Å². The second kappa shape index (κ2) is 9.23. The fraction of sp³-hybridized carbons (Fsp3) is 0.250. The minimum Gasteiger partial charge on any atom is -0.497 e. The third kappa shape index (κ3) is 5.10. The molecule has 1 aromatic heterocycles. The molecule has 7 heteroatoms. The van der Waals surface area contributed by atoms with Crippen molar-refractivity contribution in [3.63, 3.8) is 0 Å². The van der Waals surface area contributed by atoms with Gasteiger partial charge in [-0.15, -0.1) is 5.10 Å². The molecule has 0 fully saturated rings. The lowest BCUT2D eigenvalue weighted by molar-refractivity contribution is -0.128. The van der Waals surface area contributed by atoms with E-state index in [-0.39, 0.29) is 5.91 Å². The molecule has 3 rings (SSSR count). The summed E-state index contributed by atoms with van der Waals surface area (Å²) in [6.45, 7) is 3.27. The number of rotatable bonds is 8. The second-order valence-corrected chi connectivity index (χ2v) is 6.82. The highest BCUT2D eigenvalue weighted by atomic mass is 32.2. The van der Waals surface area contributed by atoms with E-state index < -0.39 is 0 Å². The summed E-state index contributed by atoms with van der Waals surface area (Å²) in [5.74, 6) is 1.84. The number of hydrogen-bond donors (Lipinski definition) is 1. The number of thioether (sulfide) groups is 1. The van der Waals surface area contributed by atoms with Crippen LogP contribution in [0.4, 0.5) is 0 Å². The van der Waals surface area contributed by atoms with Gasteiger partial charge in [0.25, 0.3) is 0 Å². The van der Waals surface area contributed by atoms with Crippen molar-refractivity contribution in [2.45, 2.75) is 18.6 Å². The summed E-state index contributed by atoms with van der Waals surface area (Å²) in [4.78, 5) is 18.8. The average molecular weight is 382 g/mol. The first kappa shape index (κ1) is 19.0. The molecule has 140 valence electrons. The fourth-order valence-electron chi connectivity index (χ4n) is 2.59. The van der Waals surface area contributed by atoms with Crippen molar-refractivity contribution in [3.05, 3.63) is 60.2 Å². The summed E-state index contributed by atoms with van der Waals surface area (Å²) >= 11 is 1.34. The van der Waals surface area contributed by atoms with Gasteiger partial charge in [0.1, 0.15) is 5.75 Å². The number of aromatic amines is 1. The Labute approximate surface area is 163 Å².